The second-order valence-corrected chi connectivity index (χ2v) is 5.60. The molecule has 2 aliphatic heterocycles. The van der Waals surface area contributed by atoms with E-state index in [1.54, 1.807) is 6.07 Å². The third kappa shape index (κ3) is 3.17. The van der Waals surface area contributed by atoms with Crippen LogP contribution in [0.25, 0.3) is 0 Å². The molecule has 2 saturated heterocycles. The van der Waals surface area contributed by atoms with Crippen LogP contribution in [0.2, 0.25) is 0 Å². The summed E-state index contributed by atoms with van der Waals surface area (Å²) in [6, 6.07) is 3.71. The molecule has 116 valence electrons. The smallest absolute Gasteiger partial charge is 0.227 e. The Morgan fingerprint density at radius 1 is 1.32 bits per heavy atom. The molecule has 0 radical (unpaired) electrons. The molecule has 1 aromatic rings. The Kier molecular flexibility index (Phi) is 4.49. The Morgan fingerprint density at radius 2 is 2.14 bits per heavy atom. The number of hydrogen-bond donors (Lipinski definition) is 0. The Bertz CT molecular complexity index is 580. The monoisotopic (exact) mass is 301 g/mol. The molecular formula is C15H19N5O2. The zero-order chi connectivity index (χ0) is 15.4. The van der Waals surface area contributed by atoms with Crippen molar-refractivity contribution in [2.24, 2.45) is 5.92 Å². The molecule has 3 rings (SSSR count). The predicted molar refractivity (Wildman–Crippen MR) is 79.1 cm³/mol. The molecule has 0 bridgehead atoms. The topological polar surface area (TPSA) is 82.4 Å². The number of carbonyl (C=O) groups excluding carboxylic acids is 1. The molecule has 7 heteroatoms. The number of amides is 1. The number of ether oxygens (including phenoxy) is 1. The number of piperidine rings is 1. The van der Waals surface area contributed by atoms with E-state index in [4.69, 9.17) is 10.00 Å². The van der Waals surface area contributed by atoms with Gasteiger partial charge in [-0.3, -0.25) is 4.79 Å². The Labute approximate surface area is 129 Å². The lowest BCUT2D eigenvalue weighted by Crippen LogP contribution is -2.48. The van der Waals surface area contributed by atoms with Crippen LogP contribution in [0.15, 0.2) is 12.4 Å². The van der Waals surface area contributed by atoms with Crippen molar-refractivity contribution in [1.29, 1.82) is 5.26 Å². The fourth-order valence-corrected chi connectivity index (χ4v) is 3.01. The van der Waals surface area contributed by atoms with Crippen molar-refractivity contribution in [2.45, 2.75) is 12.8 Å². The average Bonchev–Trinajstić information content (AvgIpc) is 2.62. The second-order valence-electron chi connectivity index (χ2n) is 5.60. The Morgan fingerprint density at radius 3 is 2.91 bits per heavy atom. The van der Waals surface area contributed by atoms with Gasteiger partial charge in [0.25, 0.3) is 0 Å². The van der Waals surface area contributed by atoms with Crippen LogP contribution in [-0.2, 0) is 9.53 Å². The molecule has 2 fully saturated rings. The minimum atomic E-state index is -0.00708. The van der Waals surface area contributed by atoms with Crippen LogP contribution in [0, 0.1) is 17.2 Å². The lowest BCUT2D eigenvalue weighted by molar-refractivity contribution is -0.139. The van der Waals surface area contributed by atoms with Crippen molar-refractivity contribution in [3.05, 3.63) is 18.1 Å². The van der Waals surface area contributed by atoms with Gasteiger partial charge in [-0.15, -0.1) is 0 Å². The molecule has 0 saturated carbocycles. The van der Waals surface area contributed by atoms with Gasteiger partial charge in [-0.2, -0.15) is 5.26 Å². The normalized spacial score (nSPS) is 22.2. The summed E-state index contributed by atoms with van der Waals surface area (Å²) < 4.78 is 5.30. The van der Waals surface area contributed by atoms with Crippen LogP contribution >= 0.6 is 0 Å². The van der Waals surface area contributed by atoms with Crippen LogP contribution in [0.5, 0.6) is 0 Å². The van der Waals surface area contributed by atoms with Gasteiger partial charge < -0.3 is 14.5 Å². The molecule has 3 heterocycles. The number of carbonyl (C=O) groups is 1. The fraction of sp³-hybridized carbons (Fsp3) is 0.600. The molecule has 0 aromatic carbocycles. The third-order valence-electron chi connectivity index (χ3n) is 4.18. The van der Waals surface area contributed by atoms with E-state index in [0.717, 1.165) is 25.2 Å². The SMILES string of the molecule is N#Cc1cc(N2CCCC(C(=O)N3CCOCC3)C2)ncn1. The summed E-state index contributed by atoms with van der Waals surface area (Å²) in [5.41, 5.74) is 0.353. The van der Waals surface area contributed by atoms with Crippen molar-refractivity contribution in [1.82, 2.24) is 14.9 Å². The van der Waals surface area contributed by atoms with Gasteiger partial charge >= 0.3 is 0 Å². The van der Waals surface area contributed by atoms with E-state index in [1.807, 2.05) is 11.0 Å². The summed E-state index contributed by atoms with van der Waals surface area (Å²) in [7, 11) is 0. The first-order chi connectivity index (χ1) is 10.8. The van der Waals surface area contributed by atoms with Gasteiger partial charge in [-0.05, 0) is 12.8 Å². The first-order valence-electron chi connectivity index (χ1n) is 7.61. The van der Waals surface area contributed by atoms with Crippen LogP contribution < -0.4 is 4.90 Å². The van der Waals surface area contributed by atoms with Crippen LogP contribution in [0.4, 0.5) is 5.82 Å². The molecule has 1 unspecified atom stereocenters. The van der Waals surface area contributed by atoms with Crippen molar-refractivity contribution in [3.63, 3.8) is 0 Å². The summed E-state index contributed by atoms with van der Waals surface area (Å²) in [4.78, 5) is 24.7. The molecule has 1 amide bonds. The number of aromatic nitrogens is 2. The highest BCUT2D eigenvalue weighted by molar-refractivity contribution is 5.79. The van der Waals surface area contributed by atoms with E-state index >= 15 is 0 Å². The van der Waals surface area contributed by atoms with E-state index in [0.29, 0.717) is 38.5 Å². The quantitative estimate of drug-likeness (QED) is 0.787. The fourth-order valence-electron chi connectivity index (χ4n) is 3.01. The number of hydrogen-bond acceptors (Lipinski definition) is 6. The molecular weight excluding hydrogens is 282 g/mol. The van der Waals surface area contributed by atoms with E-state index in [9.17, 15) is 4.79 Å². The van der Waals surface area contributed by atoms with Gasteiger partial charge in [-0.25, -0.2) is 9.97 Å². The lowest BCUT2D eigenvalue weighted by atomic mass is 9.96. The van der Waals surface area contributed by atoms with Crippen LogP contribution in [0.3, 0.4) is 0 Å². The predicted octanol–water partition coefficient (Wildman–Crippen LogP) is 0.423. The third-order valence-corrected chi connectivity index (χ3v) is 4.18. The van der Waals surface area contributed by atoms with Crippen LogP contribution in [0.1, 0.15) is 18.5 Å². The summed E-state index contributed by atoms with van der Waals surface area (Å²) in [5, 5.41) is 8.94. The molecule has 0 spiro atoms. The number of nitriles is 1. The summed E-state index contributed by atoms with van der Waals surface area (Å²) in [6.07, 6.45) is 3.26. The van der Waals surface area contributed by atoms with Crippen LogP contribution in [-0.4, -0.2) is 60.2 Å². The number of morpholine rings is 1. The van der Waals surface area contributed by atoms with E-state index < -0.39 is 0 Å². The molecule has 0 aliphatic carbocycles. The standard InChI is InChI=1S/C15H19N5O2/c16-9-13-8-14(18-11-17-13)20-3-1-2-12(10-20)15(21)19-4-6-22-7-5-19/h8,11-12H,1-7,10H2. The maximum Gasteiger partial charge on any atom is 0.227 e. The molecule has 1 atom stereocenters. The van der Waals surface area contributed by atoms with Gasteiger partial charge in [0.05, 0.1) is 19.1 Å². The maximum absolute atomic E-state index is 12.6. The minimum absolute atomic E-state index is 0.00708. The van der Waals surface area contributed by atoms with Crippen molar-refractivity contribution >= 4 is 11.7 Å². The van der Waals surface area contributed by atoms with E-state index in [2.05, 4.69) is 14.9 Å². The van der Waals surface area contributed by atoms with Gasteiger partial charge in [0.15, 0.2) is 0 Å². The van der Waals surface area contributed by atoms with Gasteiger partial charge in [-0.1, -0.05) is 0 Å². The number of nitrogens with zero attached hydrogens (tertiary/aromatic N) is 5. The Balaban J connectivity index is 1.68. The zero-order valence-corrected chi connectivity index (χ0v) is 12.4. The molecule has 22 heavy (non-hydrogen) atoms. The lowest BCUT2D eigenvalue weighted by Gasteiger charge is -2.36. The van der Waals surface area contributed by atoms with Gasteiger partial charge in [0.1, 0.15) is 23.9 Å². The number of anilines is 1. The summed E-state index contributed by atoms with van der Waals surface area (Å²) in [5.74, 6) is 0.931. The van der Waals surface area contributed by atoms with Gasteiger partial charge in [0.2, 0.25) is 5.91 Å². The number of rotatable bonds is 2. The summed E-state index contributed by atoms with van der Waals surface area (Å²) >= 11 is 0. The highest BCUT2D eigenvalue weighted by atomic mass is 16.5. The first kappa shape index (κ1) is 14.7. The van der Waals surface area contributed by atoms with E-state index in [-0.39, 0.29) is 11.8 Å². The van der Waals surface area contributed by atoms with E-state index in [1.165, 1.54) is 6.33 Å². The highest BCUT2D eigenvalue weighted by Gasteiger charge is 2.30. The largest absolute Gasteiger partial charge is 0.378 e. The molecule has 2 aliphatic rings. The van der Waals surface area contributed by atoms with Crippen molar-refractivity contribution in [2.75, 3.05) is 44.3 Å². The average molecular weight is 301 g/mol. The second kappa shape index (κ2) is 6.71. The molecule has 0 N–H and O–H groups in total. The Hall–Kier alpha value is -2.20. The van der Waals surface area contributed by atoms with Gasteiger partial charge in [0, 0.05) is 32.2 Å². The zero-order valence-electron chi connectivity index (χ0n) is 12.4. The minimum Gasteiger partial charge on any atom is -0.378 e. The first-order valence-corrected chi connectivity index (χ1v) is 7.61. The highest BCUT2D eigenvalue weighted by Crippen LogP contribution is 2.23. The van der Waals surface area contributed by atoms with Crippen molar-refractivity contribution in [3.8, 4) is 6.07 Å². The molecule has 1 aromatic heterocycles. The molecule has 7 nitrogen and oxygen atoms in total. The van der Waals surface area contributed by atoms with Crippen molar-refractivity contribution < 1.29 is 9.53 Å². The summed E-state index contributed by atoms with van der Waals surface area (Å²) in [6.45, 7) is 4.12. The maximum atomic E-state index is 12.6.